The third kappa shape index (κ3) is 18.7. The molecule has 612 valence electrons. The van der Waals surface area contributed by atoms with Gasteiger partial charge in [-0.2, -0.15) is 10.1 Å². The number of aliphatic hydroxyl groups is 2. The van der Waals surface area contributed by atoms with Crippen LogP contribution in [-0.2, 0) is 49.3 Å². The number of amides is 2. The molecule has 117 heavy (non-hydrogen) atoms. The average Bonchev–Trinajstić information content (AvgIpc) is 1.60. The number of carbonyl (C=O) groups is 3. The third-order valence-corrected chi connectivity index (χ3v) is 24.2. The van der Waals surface area contributed by atoms with E-state index in [4.69, 9.17) is 48.5 Å². The van der Waals surface area contributed by atoms with E-state index in [9.17, 15) is 24.6 Å². The van der Waals surface area contributed by atoms with Crippen LogP contribution in [0.25, 0.3) is 34.3 Å². The van der Waals surface area contributed by atoms with E-state index in [1.807, 2.05) is 42.5 Å². The van der Waals surface area contributed by atoms with Crippen molar-refractivity contribution in [3.8, 4) is 92.5 Å². The molecule has 24 nitrogen and oxygen atoms in total. The molecule has 2 amide bonds. The maximum absolute atomic E-state index is 13.0. The minimum Gasteiger partial charge on any atom is -0.493 e. The molecule has 4 N–H and O–H groups in total. The molecule has 17 rings (SSSR count). The van der Waals surface area contributed by atoms with Gasteiger partial charge in [-0.05, 0) is 219 Å². The molecule has 24 heteroatoms. The zero-order chi connectivity index (χ0) is 81.6. The number of fused-ring (bicyclic) bond motifs is 3. The molecule has 6 heterocycles. The highest BCUT2D eigenvalue weighted by molar-refractivity contribution is 6.20. The van der Waals surface area contributed by atoms with Gasteiger partial charge in [-0.25, -0.2) is 9.97 Å². The first-order valence-corrected chi connectivity index (χ1v) is 41.6. The minimum atomic E-state index is -0.761. The van der Waals surface area contributed by atoms with Gasteiger partial charge < -0.3 is 58.2 Å². The summed E-state index contributed by atoms with van der Waals surface area (Å²) in [6, 6.07) is 35.5. The summed E-state index contributed by atoms with van der Waals surface area (Å²) in [6.45, 7) is 4.92. The normalized spacial score (nSPS) is 20.6. The molecule has 2 aliphatic heterocycles. The zero-order valence-corrected chi connectivity index (χ0v) is 68.2. The van der Waals surface area contributed by atoms with E-state index in [2.05, 4.69) is 119 Å². The van der Waals surface area contributed by atoms with Crippen molar-refractivity contribution in [3.63, 3.8) is 0 Å². The smallest absolute Gasteiger partial charge is 0.307 e. The number of benzene rings is 5. The topological polar surface area (TPSA) is 299 Å². The van der Waals surface area contributed by atoms with Crippen LogP contribution in [0.15, 0.2) is 137 Å². The first-order chi connectivity index (χ1) is 57.0. The molecule has 1 atom stereocenters. The molecule has 6 aliphatic carbocycles. The molecule has 0 bridgehead atoms. The Labute approximate surface area is 684 Å². The second-order valence-corrected chi connectivity index (χ2v) is 31.6. The van der Waals surface area contributed by atoms with Gasteiger partial charge in [0.2, 0.25) is 17.7 Å². The van der Waals surface area contributed by atoms with Gasteiger partial charge in [-0.15, -0.1) is 10.2 Å². The van der Waals surface area contributed by atoms with Gasteiger partial charge >= 0.3 is 5.97 Å². The number of esters is 1. The van der Waals surface area contributed by atoms with Crippen LogP contribution in [-0.4, -0.2) is 138 Å². The lowest BCUT2D eigenvalue weighted by Crippen LogP contribution is -2.37. The summed E-state index contributed by atoms with van der Waals surface area (Å²) in [5.74, 6) is 20.0. The van der Waals surface area contributed by atoms with Crippen LogP contribution in [0, 0.1) is 30.6 Å². The largest absolute Gasteiger partial charge is 0.493 e. The molecule has 4 aromatic heterocycles. The lowest BCUT2D eigenvalue weighted by molar-refractivity contribution is -0.146. The number of ether oxygens (including phenoxy) is 7. The summed E-state index contributed by atoms with van der Waals surface area (Å²) in [5, 5.41) is 38.5. The number of aromatic nitrogens is 9. The molecule has 9 aromatic rings. The lowest BCUT2D eigenvalue weighted by atomic mass is 9.69. The fourth-order valence-corrected chi connectivity index (χ4v) is 17.7. The van der Waals surface area contributed by atoms with Crippen molar-refractivity contribution < 1.29 is 62.3 Å². The number of aliphatic hydroxyl groups excluding tert-OH is 2. The van der Waals surface area contributed by atoms with E-state index >= 15 is 0 Å². The maximum Gasteiger partial charge on any atom is 0.307 e. The van der Waals surface area contributed by atoms with Gasteiger partial charge in [0.05, 0.1) is 101 Å². The number of aryl methyl sites for hydroxylation is 2. The summed E-state index contributed by atoms with van der Waals surface area (Å²) in [6.07, 6.45) is 28.4. The SMILES string of the molecule is CCc1nn(C2CCCC2)c2c1CCn1c(-c3ccccc3)nnc1-2.COC(=O)CC(c1ccc(OC)c(OC)c1)N1C(=O)C2=C(CCCC2)C1=O.COc1ccc(C2(C#Cc3cccc(-c4noc(C)n4)c3)CCC(O)CC2)cc1OC1CCCC1.COc1ccc(C2(C#Cc3cnc(N)nc3)CCC(O)CC2)cc1OC1CCCC1. The van der Waals surface area contributed by atoms with Crippen LogP contribution in [0.5, 0.6) is 34.5 Å². The van der Waals surface area contributed by atoms with E-state index < -0.39 is 12.0 Å². The molecule has 0 radical (unpaired) electrons. The molecule has 1 unspecified atom stereocenters. The van der Waals surface area contributed by atoms with Crippen molar-refractivity contribution in [1.82, 2.24) is 49.6 Å². The van der Waals surface area contributed by atoms with E-state index in [-0.39, 0.29) is 59.4 Å². The Hall–Kier alpha value is -11.3. The van der Waals surface area contributed by atoms with Crippen LogP contribution in [0.3, 0.4) is 0 Å². The minimum absolute atomic E-state index is 0.121. The molecule has 0 spiro atoms. The van der Waals surface area contributed by atoms with E-state index in [1.165, 1.54) is 94.5 Å². The molecule has 5 saturated carbocycles. The number of nitrogen functional groups attached to an aromatic ring is 1. The van der Waals surface area contributed by atoms with E-state index in [0.717, 1.165) is 177 Å². The monoisotopic (exact) mass is 1590 g/mol. The van der Waals surface area contributed by atoms with Crippen LogP contribution in [0.4, 0.5) is 5.95 Å². The van der Waals surface area contributed by atoms with Gasteiger partial charge in [0, 0.05) is 59.3 Å². The highest BCUT2D eigenvalue weighted by Crippen LogP contribution is 2.47. The second-order valence-electron chi connectivity index (χ2n) is 31.6. The Morgan fingerprint density at radius 3 is 1.66 bits per heavy atom. The Bertz CT molecular complexity index is 5100. The first kappa shape index (κ1) is 82.2. The Kier molecular flexibility index (Phi) is 26.5. The molecular weight excluding hydrogens is 1480 g/mol. The molecular formula is C93H107N11O13. The third-order valence-electron chi connectivity index (χ3n) is 24.2. The van der Waals surface area contributed by atoms with Crippen molar-refractivity contribution in [1.29, 1.82) is 0 Å². The molecule has 5 fully saturated rings. The van der Waals surface area contributed by atoms with Gasteiger partial charge in [-0.1, -0.05) is 109 Å². The number of hydrogen-bond donors (Lipinski definition) is 3. The van der Waals surface area contributed by atoms with Crippen molar-refractivity contribution in [3.05, 3.63) is 178 Å². The van der Waals surface area contributed by atoms with Crippen molar-refractivity contribution in [2.75, 3.05) is 41.3 Å². The van der Waals surface area contributed by atoms with Gasteiger partial charge in [0.1, 0.15) is 5.69 Å². The second kappa shape index (κ2) is 37.7. The highest BCUT2D eigenvalue weighted by Gasteiger charge is 2.45. The number of methoxy groups -OCH3 is 5. The zero-order valence-electron chi connectivity index (χ0n) is 68.2. The van der Waals surface area contributed by atoms with Crippen LogP contribution in [0.2, 0.25) is 0 Å². The van der Waals surface area contributed by atoms with Crippen molar-refractivity contribution >= 4 is 23.7 Å². The Morgan fingerprint density at radius 2 is 1.12 bits per heavy atom. The van der Waals surface area contributed by atoms with Crippen LogP contribution in [0.1, 0.15) is 224 Å². The number of hydrogen-bond acceptors (Lipinski definition) is 21. The number of imide groups is 1. The Balaban J connectivity index is 0.000000129. The highest BCUT2D eigenvalue weighted by atomic mass is 16.5. The summed E-state index contributed by atoms with van der Waals surface area (Å²) < 4.78 is 48.9. The fourth-order valence-electron chi connectivity index (χ4n) is 17.7. The summed E-state index contributed by atoms with van der Waals surface area (Å²) >= 11 is 0. The summed E-state index contributed by atoms with van der Waals surface area (Å²) in [4.78, 5) is 51.5. The number of anilines is 1. The van der Waals surface area contributed by atoms with Gasteiger partial charge in [-0.3, -0.25) is 24.0 Å². The van der Waals surface area contributed by atoms with E-state index in [0.29, 0.717) is 58.8 Å². The predicted octanol–water partition coefficient (Wildman–Crippen LogP) is 15.8. The van der Waals surface area contributed by atoms with Gasteiger partial charge in [0.15, 0.2) is 46.1 Å². The fraction of sp³-hybridized carbons (Fsp3) is 0.462. The number of nitrogens with two attached hydrogens (primary N) is 1. The number of nitrogens with zero attached hydrogens (tertiary/aromatic N) is 10. The van der Waals surface area contributed by atoms with E-state index in [1.54, 1.807) is 51.7 Å². The average molecular weight is 1590 g/mol. The Morgan fingerprint density at radius 1 is 0.590 bits per heavy atom. The maximum atomic E-state index is 13.0. The van der Waals surface area contributed by atoms with Crippen molar-refractivity contribution in [2.24, 2.45) is 0 Å². The van der Waals surface area contributed by atoms with Crippen LogP contribution < -0.4 is 34.2 Å². The molecule has 8 aliphatic rings. The van der Waals surface area contributed by atoms with Crippen molar-refractivity contribution in [2.45, 2.75) is 241 Å². The standard InChI is InChI=1S/C29H32N2O4.C24H29N3O3.C20H23N5.C20H23NO6/c1-20-30-28(31-35-20)22-7-5-6-21(18-22)12-15-29(16-13-24(32)14-17-29)23-10-11-26(33-2)27(19-23)34-25-8-3-4-9-25;1-29-21-7-6-18(14-22(21)30-20-4-2-3-5-20)24(12-9-19(28)10-13-24)11-8-17-15-26-23(25)27-16-17;1-2-17-16-12-13-24-19(14-8-4-3-5-9-14)21-22-20(24)18(16)25(23-17)15-10-6-7-11-15;1-25-16-9-8-12(10-17(16)26-2)15(11-18(22)27-3)21-19(23)13-6-4-5-7-14(13)20(21)24/h5-7,10-11,18-19,24-25,32H,3-4,8-9,13-14,16-17H2,1-2H3;6-7,14-16,19-20,28H,2-5,9-10,12-13H2,1H3,(H2,25,26,27);3-5,8-9,15H,2,6-7,10-13H2,1H3;8-10,15H,4-7,11H2,1-3H3. The summed E-state index contributed by atoms with van der Waals surface area (Å²) in [7, 11) is 7.66. The van der Waals surface area contributed by atoms with Gasteiger partial charge in [0.25, 0.3) is 11.8 Å². The molecule has 5 aromatic carbocycles. The first-order valence-electron chi connectivity index (χ1n) is 41.6. The van der Waals surface area contributed by atoms with Crippen LogP contribution >= 0.6 is 0 Å². The molecule has 0 saturated heterocycles. The lowest BCUT2D eigenvalue weighted by Gasteiger charge is -2.35. The number of carbonyl (C=O) groups excluding carboxylic acids is 3. The number of rotatable bonds is 18. The quantitative estimate of drug-likeness (QED) is 0.0408. The summed E-state index contributed by atoms with van der Waals surface area (Å²) in [5.41, 5.74) is 16.4. The predicted molar refractivity (Wildman–Crippen MR) is 442 cm³/mol.